The lowest BCUT2D eigenvalue weighted by Crippen LogP contribution is -2.60. The van der Waals surface area contributed by atoms with Gasteiger partial charge in [-0.2, -0.15) is 0 Å². The Morgan fingerprint density at radius 1 is 1.19 bits per heavy atom. The Balaban J connectivity index is 1.98. The monoisotopic (exact) mass is 443 g/mol. The number of ether oxygens (including phenoxy) is 2. The maximum Gasteiger partial charge on any atom is 0.335 e. The van der Waals surface area contributed by atoms with Crippen LogP contribution in [0.15, 0.2) is 22.5 Å². The summed E-state index contributed by atoms with van der Waals surface area (Å²) in [5.41, 5.74) is 0.174. The lowest BCUT2D eigenvalue weighted by molar-refractivity contribution is -0.300. The summed E-state index contributed by atoms with van der Waals surface area (Å²) in [6.45, 7) is -0.302. The standard InChI is InChI=1S/C14H16Cl3N3O7/c1-20(19-18-8-6(16)2-5(15)3-7(8)17)4-26-14-11(23)9(21)10(22)12(27-14)13(24)25/h2-3,9-12,14,21-23H,4H2,1H3,(H,24,25)/t9-,10-,11+,12-,14+/m0/s1. The largest absolute Gasteiger partial charge is 0.479 e. The summed E-state index contributed by atoms with van der Waals surface area (Å²) in [5, 5.41) is 47.7. The highest BCUT2D eigenvalue weighted by atomic mass is 35.5. The van der Waals surface area contributed by atoms with Crippen molar-refractivity contribution in [2.75, 3.05) is 13.8 Å². The minimum atomic E-state index is -1.80. The third kappa shape index (κ3) is 5.39. The Hall–Kier alpha value is -1.24. The number of aliphatic hydroxyl groups excluding tert-OH is 3. The van der Waals surface area contributed by atoms with E-state index in [9.17, 15) is 20.1 Å². The van der Waals surface area contributed by atoms with Gasteiger partial charge in [-0.3, -0.25) is 5.01 Å². The van der Waals surface area contributed by atoms with Crippen molar-refractivity contribution in [3.8, 4) is 0 Å². The maximum atomic E-state index is 11.0. The number of aliphatic hydroxyl groups is 3. The van der Waals surface area contributed by atoms with Crippen molar-refractivity contribution >= 4 is 46.5 Å². The molecule has 2 rings (SSSR count). The van der Waals surface area contributed by atoms with E-state index in [1.165, 1.54) is 24.2 Å². The molecule has 0 bridgehead atoms. The van der Waals surface area contributed by atoms with Gasteiger partial charge in [-0.25, -0.2) is 4.79 Å². The molecule has 1 fully saturated rings. The second kappa shape index (κ2) is 9.30. The van der Waals surface area contributed by atoms with Gasteiger partial charge in [0.2, 0.25) is 0 Å². The van der Waals surface area contributed by atoms with E-state index in [-0.39, 0.29) is 22.5 Å². The maximum absolute atomic E-state index is 11.0. The molecular weight excluding hydrogens is 429 g/mol. The molecule has 1 aliphatic rings. The molecule has 5 atom stereocenters. The van der Waals surface area contributed by atoms with E-state index in [4.69, 9.17) is 49.4 Å². The Morgan fingerprint density at radius 3 is 2.33 bits per heavy atom. The van der Waals surface area contributed by atoms with E-state index in [1.807, 2.05) is 0 Å². The smallest absolute Gasteiger partial charge is 0.335 e. The number of hydrogen-bond donors (Lipinski definition) is 4. The number of carboxylic acids is 1. The number of aliphatic carboxylic acids is 1. The topological polar surface area (TPSA) is 144 Å². The second-order valence-corrected chi connectivity index (χ2v) is 6.85. The Morgan fingerprint density at radius 2 is 1.78 bits per heavy atom. The van der Waals surface area contributed by atoms with Crippen molar-refractivity contribution in [1.29, 1.82) is 0 Å². The molecule has 10 nitrogen and oxygen atoms in total. The molecule has 0 spiro atoms. The molecule has 150 valence electrons. The molecule has 0 amide bonds. The molecule has 1 saturated heterocycles. The summed E-state index contributed by atoms with van der Waals surface area (Å²) >= 11 is 17.8. The molecule has 1 aliphatic heterocycles. The summed E-state index contributed by atoms with van der Waals surface area (Å²) in [4.78, 5) is 11.0. The summed E-state index contributed by atoms with van der Waals surface area (Å²) in [5.74, 6) is -1.51. The third-order valence-electron chi connectivity index (χ3n) is 3.52. The molecule has 0 aromatic heterocycles. The number of benzene rings is 1. The Labute approximate surface area is 168 Å². The molecule has 0 radical (unpaired) electrons. The zero-order valence-corrected chi connectivity index (χ0v) is 16.0. The highest BCUT2D eigenvalue weighted by Gasteiger charge is 2.47. The first-order valence-corrected chi connectivity index (χ1v) is 8.56. The number of hydrogen-bond acceptors (Lipinski definition) is 8. The van der Waals surface area contributed by atoms with Gasteiger partial charge in [0.15, 0.2) is 12.4 Å². The van der Waals surface area contributed by atoms with Crippen LogP contribution in [0.5, 0.6) is 0 Å². The van der Waals surface area contributed by atoms with Gasteiger partial charge < -0.3 is 29.9 Å². The van der Waals surface area contributed by atoms with Crippen molar-refractivity contribution < 1.29 is 34.7 Å². The van der Waals surface area contributed by atoms with Crippen LogP contribution < -0.4 is 0 Å². The summed E-state index contributed by atoms with van der Waals surface area (Å²) in [6.07, 6.45) is -8.50. The van der Waals surface area contributed by atoms with Crippen LogP contribution in [0.4, 0.5) is 5.69 Å². The van der Waals surface area contributed by atoms with E-state index in [2.05, 4.69) is 10.3 Å². The molecule has 1 heterocycles. The fraction of sp³-hybridized carbons (Fsp3) is 0.500. The van der Waals surface area contributed by atoms with Gasteiger partial charge in [0.25, 0.3) is 0 Å². The third-order valence-corrected chi connectivity index (χ3v) is 4.31. The first kappa shape index (κ1) is 22.1. The quantitative estimate of drug-likeness (QED) is 0.293. The predicted octanol–water partition coefficient (Wildman–Crippen LogP) is 1.44. The lowest BCUT2D eigenvalue weighted by Gasteiger charge is -2.38. The van der Waals surface area contributed by atoms with Gasteiger partial charge in [0.1, 0.15) is 30.7 Å². The van der Waals surface area contributed by atoms with Crippen LogP contribution in [0, 0.1) is 0 Å². The van der Waals surface area contributed by atoms with Gasteiger partial charge in [-0.15, -0.1) is 5.11 Å². The van der Waals surface area contributed by atoms with Crippen LogP contribution in [-0.4, -0.2) is 75.9 Å². The van der Waals surface area contributed by atoms with Gasteiger partial charge in [-0.05, 0) is 12.1 Å². The van der Waals surface area contributed by atoms with Crippen molar-refractivity contribution in [2.24, 2.45) is 10.3 Å². The first-order chi connectivity index (χ1) is 12.6. The van der Waals surface area contributed by atoms with Crippen molar-refractivity contribution in [1.82, 2.24) is 5.01 Å². The second-order valence-electron chi connectivity index (χ2n) is 5.60. The van der Waals surface area contributed by atoms with Crippen LogP contribution in [0.25, 0.3) is 0 Å². The van der Waals surface area contributed by atoms with Crippen molar-refractivity contribution in [2.45, 2.75) is 30.7 Å². The Bertz CT molecular complexity index is 700. The van der Waals surface area contributed by atoms with E-state index < -0.39 is 36.7 Å². The van der Waals surface area contributed by atoms with E-state index in [0.29, 0.717) is 5.02 Å². The van der Waals surface area contributed by atoms with Crippen molar-refractivity contribution in [3.63, 3.8) is 0 Å². The molecule has 0 saturated carbocycles. The fourth-order valence-electron chi connectivity index (χ4n) is 2.15. The number of rotatable bonds is 6. The molecule has 0 unspecified atom stereocenters. The lowest BCUT2D eigenvalue weighted by atomic mass is 9.99. The number of carboxylic acid groups (broad SMARTS) is 1. The molecule has 1 aromatic carbocycles. The molecular formula is C14H16Cl3N3O7. The highest BCUT2D eigenvalue weighted by molar-refractivity contribution is 6.41. The van der Waals surface area contributed by atoms with Crippen LogP contribution >= 0.6 is 34.8 Å². The normalized spacial score (nSPS) is 28.5. The number of carbonyl (C=O) groups is 1. The minimum absolute atomic E-state index is 0.174. The van der Waals surface area contributed by atoms with E-state index in [1.54, 1.807) is 0 Å². The first-order valence-electron chi connectivity index (χ1n) is 7.43. The zero-order valence-electron chi connectivity index (χ0n) is 13.7. The number of halogens is 3. The summed E-state index contributed by atoms with van der Waals surface area (Å²) in [7, 11) is 1.45. The van der Waals surface area contributed by atoms with Gasteiger partial charge in [-0.1, -0.05) is 40.0 Å². The summed E-state index contributed by atoms with van der Waals surface area (Å²) in [6, 6.07) is 2.87. The van der Waals surface area contributed by atoms with Gasteiger partial charge in [0, 0.05) is 12.1 Å². The molecule has 27 heavy (non-hydrogen) atoms. The minimum Gasteiger partial charge on any atom is -0.479 e. The van der Waals surface area contributed by atoms with Gasteiger partial charge >= 0.3 is 5.97 Å². The van der Waals surface area contributed by atoms with Crippen LogP contribution in [0.2, 0.25) is 15.1 Å². The molecule has 13 heteroatoms. The predicted molar refractivity (Wildman–Crippen MR) is 94.0 cm³/mol. The molecule has 4 N–H and O–H groups in total. The van der Waals surface area contributed by atoms with Gasteiger partial charge in [0.05, 0.1) is 10.0 Å². The van der Waals surface area contributed by atoms with Crippen molar-refractivity contribution in [3.05, 3.63) is 27.2 Å². The SMILES string of the molecule is CN(CO[C@@H]1O[C@H](C(=O)O)[C@@H](O)[C@H](O)[C@H]1O)N=Nc1c(Cl)cc(Cl)cc1Cl. The number of nitrogens with zero attached hydrogens (tertiary/aromatic N) is 3. The zero-order chi connectivity index (χ0) is 20.3. The van der Waals surface area contributed by atoms with Crippen LogP contribution in [0.1, 0.15) is 0 Å². The average Bonchev–Trinajstić information content (AvgIpc) is 2.57. The van der Waals surface area contributed by atoms with E-state index >= 15 is 0 Å². The Kier molecular flexibility index (Phi) is 7.60. The molecule has 0 aliphatic carbocycles. The van der Waals surface area contributed by atoms with E-state index in [0.717, 1.165) is 0 Å². The molecule has 1 aromatic rings. The summed E-state index contributed by atoms with van der Waals surface area (Å²) < 4.78 is 10.2. The van der Waals surface area contributed by atoms with Crippen LogP contribution in [0.3, 0.4) is 0 Å². The van der Waals surface area contributed by atoms with Crippen LogP contribution in [-0.2, 0) is 14.3 Å². The average molecular weight is 445 g/mol. The fourth-order valence-corrected chi connectivity index (χ4v) is 3.04. The highest BCUT2D eigenvalue weighted by Crippen LogP contribution is 2.36.